The minimum absolute atomic E-state index is 0.0104. The van der Waals surface area contributed by atoms with E-state index in [0.29, 0.717) is 61.4 Å². The van der Waals surface area contributed by atoms with Gasteiger partial charge in [0, 0.05) is 18.0 Å². The number of hydrogen-bond donors (Lipinski definition) is 3. The fraction of sp³-hybridized carbons (Fsp3) is 0.500. The highest BCUT2D eigenvalue weighted by Gasteiger charge is 2.63. The Bertz CT molecular complexity index is 2040. The van der Waals surface area contributed by atoms with Gasteiger partial charge in [0.1, 0.15) is 29.5 Å². The first-order valence-corrected chi connectivity index (χ1v) is 19.9. The molecule has 7 rings (SSSR count). The Morgan fingerprint density at radius 1 is 1.11 bits per heavy atom. The summed E-state index contributed by atoms with van der Waals surface area (Å²) in [5.74, 6) is -4.10. The topological polar surface area (TPSA) is 147 Å². The predicted octanol–water partition coefficient (Wildman–Crippen LogP) is 5.68. The van der Waals surface area contributed by atoms with Crippen LogP contribution in [0.3, 0.4) is 0 Å². The van der Waals surface area contributed by atoms with Crippen molar-refractivity contribution >= 4 is 55.0 Å². The third kappa shape index (κ3) is 7.59. The largest absolute Gasteiger partial charge is 0.465 e. The zero-order valence-electron chi connectivity index (χ0n) is 28.7. The van der Waals surface area contributed by atoms with E-state index in [1.54, 1.807) is 13.0 Å². The molecule has 2 aliphatic heterocycles. The lowest BCUT2D eigenvalue weighted by molar-refractivity contribution is -0.140. The van der Waals surface area contributed by atoms with Gasteiger partial charge in [0.05, 0.1) is 27.1 Å². The number of alkyl halides is 3. The molecule has 3 fully saturated rings. The Hall–Kier alpha value is -4.25. The van der Waals surface area contributed by atoms with Gasteiger partial charge < -0.3 is 20.3 Å². The first-order valence-electron chi connectivity index (χ1n) is 17.6. The third-order valence-electron chi connectivity index (χ3n) is 10.6. The standard InChI is InChI=1S/C36H39F4N5O6S2/c1-34(15-16-34)53(49,50)44-32(48)35-19-21(35)9-5-3-2-4-6-11-27(41-22-13-14-25(37)24(17-22)36(38,39)40)31(47)45-20-23(18-28(45)30(46)43-35)51-33-42-26-10-7-8-12-29(26)52-33/h5,7-10,12-14,17,21,23,27-28,41H,2-4,6,11,15-16,18-20H2,1H3,(H,43,46)(H,44,48)/b9-5-/t21-,23+,27-,28-,35+/m0/s1. The van der Waals surface area contributed by atoms with Crippen molar-refractivity contribution in [2.24, 2.45) is 5.92 Å². The molecular formula is C36H39F4N5O6S2. The maximum atomic E-state index is 14.5. The quantitative estimate of drug-likeness (QED) is 0.205. The second-order valence-electron chi connectivity index (χ2n) is 14.5. The van der Waals surface area contributed by atoms with Crippen molar-refractivity contribution in [1.82, 2.24) is 19.9 Å². The van der Waals surface area contributed by atoms with Crippen LogP contribution in [0.25, 0.3) is 10.2 Å². The van der Waals surface area contributed by atoms with Gasteiger partial charge in [-0.05, 0) is 75.8 Å². The van der Waals surface area contributed by atoms with E-state index >= 15 is 0 Å². The molecule has 53 heavy (non-hydrogen) atoms. The van der Waals surface area contributed by atoms with E-state index in [-0.39, 0.29) is 31.5 Å². The molecule has 1 saturated heterocycles. The van der Waals surface area contributed by atoms with E-state index < -0.39 is 79.7 Å². The Morgan fingerprint density at radius 3 is 2.62 bits per heavy atom. The van der Waals surface area contributed by atoms with Crippen LogP contribution in [0.2, 0.25) is 0 Å². The zero-order chi connectivity index (χ0) is 37.8. The fourth-order valence-corrected chi connectivity index (χ4v) is 9.22. The smallest absolute Gasteiger partial charge is 0.419 e. The van der Waals surface area contributed by atoms with Gasteiger partial charge in [0.15, 0.2) is 0 Å². The van der Waals surface area contributed by atoms with Crippen LogP contribution in [0.5, 0.6) is 5.19 Å². The van der Waals surface area contributed by atoms with Crippen molar-refractivity contribution in [2.75, 3.05) is 11.9 Å². The molecule has 0 spiro atoms. The number of allylic oxidation sites excluding steroid dienone is 1. The Morgan fingerprint density at radius 2 is 1.89 bits per heavy atom. The number of carbonyl (C=O) groups excluding carboxylic acids is 3. The molecule has 1 aromatic heterocycles. The lowest BCUT2D eigenvalue weighted by Crippen LogP contribution is -2.58. The number of rotatable bonds is 7. The van der Waals surface area contributed by atoms with Gasteiger partial charge in [-0.2, -0.15) is 13.2 Å². The summed E-state index contributed by atoms with van der Waals surface area (Å²) in [5, 5.41) is 6.00. The molecule has 2 aromatic carbocycles. The number of fused-ring (bicyclic) bond motifs is 3. The van der Waals surface area contributed by atoms with Crippen LogP contribution in [-0.4, -0.2) is 71.0 Å². The van der Waals surface area contributed by atoms with Crippen molar-refractivity contribution in [1.29, 1.82) is 0 Å². The van der Waals surface area contributed by atoms with Gasteiger partial charge >= 0.3 is 6.18 Å². The number of nitrogens with zero attached hydrogens (tertiary/aromatic N) is 2. The number of aromatic nitrogens is 1. The summed E-state index contributed by atoms with van der Waals surface area (Å²) in [5.41, 5.74) is -2.48. The monoisotopic (exact) mass is 777 g/mol. The average Bonchev–Trinajstić information content (AvgIpc) is 3.91. The molecule has 3 aromatic rings. The Balaban J connectivity index is 1.20. The Kier molecular flexibility index (Phi) is 9.70. The lowest BCUT2D eigenvalue weighted by atomic mass is 10.0. The van der Waals surface area contributed by atoms with Crippen LogP contribution < -0.4 is 20.1 Å². The molecule has 0 bridgehead atoms. The van der Waals surface area contributed by atoms with Crippen LogP contribution in [0.4, 0.5) is 23.2 Å². The van der Waals surface area contributed by atoms with E-state index in [4.69, 9.17) is 4.74 Å². The molecule has 5 atom stereocenters. The summed E-state index contributed by atoms with van der Waals surface area (Å²) < 4.78 is 89.3. The molecule has 3 N–H and O–H groups in total. The number of sulfonamides is 1. The minimum atomic E-state index is -4.97. The highest BCUT2D eigenvalue weighted by Crippen LogP contribution is 2.47. The minimum Gasteiger partial charge on any atom is -0.465 e. The summed E-state index contributed by atoms with van der Waals surface area (Å²) in [4.78, 5) is 48.3. The summed E-state index contributed by atoms with van der Waals surface area (Å²) in [7, 11) is -4.03. The van der Waals surface area contributed by atoms with E-state index in [2.05, 4.69) is 20.3 Å². The number of para-hydroxylation sites is 1. The lowest BCUT2D eigenvalue weighted by Gasteiger charge is -2.30. The molecule has 4 aliphatic rings. The second kappa shape index (κ2) is 13.9. The number of amides is 3. The van der Waals surface area contributed by atoms with Crippen molar-refractivity contribution in [3.63, 3.8) is 0 Å². The number of carbonyl (C=O) groups is 3. The molecule has 284 valence electrons. The van der Waals surface area contributed by atoms with Gasteiger partial charge in [0.25, 0.3) is 11.1 Å². The number of benzene rings is 2. The average molecular weight is 778 g/mol. The number of thiazole rings is 1. The number of hydrogen-bond acceptors (Lipinski definition) is 9. The fourth-order valence-electron chi connectivity index (χ4n) is 7.02. The highest BCUT2D eigenvalue weighted by atomic mass is 32.2. The van der Waals surface area contributed by atoms with Crippen LogP contribution in [0.1, 0.15) is 70.3 Å². The first kappa shape index (κ1) is 37.1. The van der Waals surface area contributed by atoms with E-state index in [9.17, 15) is 40.4 Å². The van der Waals surface area contributed by atoms with Crippen LogP contribution in [0, 0.1) is 11.7 Å². The van der Waals surface area contributed by atoms with Gasteiger partial charge in [-0.1, -0.05) is 48.5 Å². The number of nitrogens with one attached hydrogen (secondary N) is 3. The summed E-state index contributed by atoms with van der Waals surface area (Å²) >= 11 is 1.29. The second-order valence-corrected chi connectivity index (χ2v) is 17.7. The summed E-state index contributed by atoms with van der Waals surface area (Å²) in [6.45, 7) is 1.46. The predicted molar refractivity (Wildman–Crippen MR) is 189 cm³/mol. The van der Waals surface area contributed by atoms with Crippen LogP contribution in [0.15, 0.2) is 54.6 Å². The van der Waals surface area contributed by atoms with Crippen molar-refractivity contribution in [2.45, 2.75) is 99.4 Å². The summed E-state index contributed by atoms with van der Waals surface area (Å²) in [6.07, 6.45) is 1.59. The molecule has 0 unspecified atom stereocenters. The van der Waals surface area contributed by atoms with Gasteiger partial charge in [0.2, 0.25) is 21.8 Å². The van der Waals surface area contributed by atoms with Gasteiger partial charge in [-0.3, -0.25) is 19.1 Å². The van der Waals surface area contributed by atoms with Crippen LogP contribution >= 0.6 is 11.3 Å². The molecule has 3 amide bonds. The zero-order valence-corrected chi connectivity index (χ0v) is 30.4. The Labute approximate surface area is 307 Å². The molecule has 3 heterocycles. The first-order chi connectivity index (χ1) is 25.1. The SMILES string of the molecule is CC1(S(=O)(=O)NC(=O)[C@@]23C[C@@H]2/C=C\CCCCC[C@H](Nc2ccc(F)c(C(F)(F)F)c2)C(=O)N2C[C@H](Oc4nc5ccccc5s4)C[C@H]2C(=O)N3)CC1. The van der Waals surface area contributed by atoms with E-state index in [0.717, 1.165) is 10.8 Å². The third-order valence-corrected chi connectivity index (χ3v) is 13.7. The molecule has 2 aliphatic carbocycles. The maximum absolute atomic E-state index is 14.5. The highest BCUT2D eigenvalue weighted by molar-refractivity contribution is 7.91. The van der Waals surface area contributed by atoms with Gasteiger partial charge in [-0.15, -0.1) is 0 Å². The van der Waals surface area contributed by atoms with E-state index in [1.807, 2.05) is 30.3 Å². The molecular weight excluding hydrogens is 739 g/mol. The van der Waals surface area contributed by atoms with Crippen molar-refractivity contribution in [3.05, 3.63) is 66.0 Å². The normalized spacial score (nSPS) is 28.1. The van der Waals surface area contributed by atoms with Gasteiger partial charge in [-0.25, -0.2) is 17.8 Å². The maximum Gasteiger partial charge on any atom is 0.419 e. The molecule has 0 radical (unpaired) electrons. The number of ether oxygens (including phenoxy) is 1. The number of halogens is 4. The van der Waals surface area contributed by atoms with E-state index in [1.165, 1.54) is 16.2 Å². The van der Waals surface area contributed by atoms with Crippen LogP contribution in [-0.2, 0) is 30.6 Å². The molecule has 11 nitrogen and oxygen atoms in total. The van der Waals surface area contributed by atoms with Crippen molar-refractivity contribution in [3.8, 4) is 5.19 Å². The van der Waals surface area contributed by atoms with Crippen molar-refractivity contribution < 1.29 is 45.1 Å². The molecule has 2 saturated carbocycles. The number of anilines is 1. The molecule has 17 heteroatoms. The summed E-state index contributed by atoms with van der Waals surface area (Å²) in [6, 6.07) is 7.50.